The first-order chi connectivity index (χ1) is 10.4. The molecule has 2 N–H and O–H groups in total. The van der Waals surface area contributed by atoms with Crippen molar-refractivity contribution in [2.75, 3.05) is 13.1 Å². The number of nitrogens with zero attached hydrogens (tertiary/aromatic N) is 1. The van der Waals surface area contributed by atoms with Gasteiger partial charge in [0.25, 0.3) is 0 Å². The highest BCUT2D eigenvalue weighted by Gasteiger charge is 2.47. The third kappa shape index (κ3) is 2.84. The van der Waals surface area contributed by atoms with E-state index in [1.807, 2.05) is 4.90 Å². The Bertz CT molecular complexity index is 556. The zero-order valence-electron chi connectivity index (χ0n) is 12.1. The van der Waals surface area contributed by atoms with Crippen LogP contribution < -0.4 is 5.73 Å². The molecule has 1 aromatic carbocycles. The van der Waals surface area contributed by atoms with Crippen molar-refractivity contribution in [1.82, 2.24) is 4.90 Å². The lowest BCUT2D eigenvalue weighted by atomic mass is 10.1. The van der Waals surface area contributed by atoms with Gasteiger partial charge in [-0.3, -0.25) is 4.79 Å². The van der Waals surface area contributed by atoms with Gasteiger partial charge < -0.3 is 10.6 Å². The molecule has 1 saturated carbocycles. The van der Waals surface area contributed by atoms with Crippen molar-refractivity contribution in [3.8, 4) is 0 Å². The minimum Gasteiger partial charge on any atom is -0.338 e. The number of hydrogen-bond donors (Lipinski definition) is 1. The number of rotatable bonds is 3. The Labute approximate surface area is 127 Å². The van der Waals surface area contributed by atoms with Gasteiger partial charge in [0, 0.05) is 25.0 Å². The van der Waals surface area contributed by atoms with Gasteiger partial charge in [-0.15, -0.1) is 0 Å². The average molecular weight is 312 g/mol. The minimum atomic E-state index is -4.32. The Hall–Kier alpha value is -1.56. The number of benzene rings is 1. The lowest BCUT2D eigenvalue weighted by Gasteiger charge is -2.23. The summed E-state index contributed by atoms with van der Waals surface area (Å²) in [7, 11) is 0. The van der Waals surface area contributed by atoms with Gasteiger partial charge in [0.15, 0.2) is 0 Å². The van der Waals surface area contributed by atoms with Crippen LogP contribution in [0.15, 0.2) is 24.3 Å². The van der Waals surface area contributed by atoms with E-state index in [4.69, 9.17) is 5.73 Å². The summed E-state index contributed by atoms with van der Waals surface area (Å²) in [5.41, 5.74) is 5.85. The fraction of sp³-hybridized carbons (Fsp3) is 0.562. The fourth-order valence-electron chi connectivity index (χ4n) is 3.34. The molecule has 1 saturated heterocycles. The molecular weight excluding hydrogens is 293 g/mol. The summed E-state index contributed by atoms with van der Waals surface area (Å²) in [6, 6.07) is 5.29. The molecule has 120 valence electrons. The Morgan fingerprint density at radius 2 is 1.95 bits per heavy atom. The van der Waals surface area contributed by atoms with E-state index in [2.05, 4.69) is 0 Å². The number of halogens is 3. The van der Waals surface area contributed by atoms with Gasteiger partial charge in [-0.2, -0.15) is 13.2 Å². The summed E-state index contributed by atoms with van der Waals surface area (Å²) < 4.78 is 37.7. The van der Waals surface area contributed by atoms with Crippen LogP contribution >= 0.6 is 0 Å². The number of alkyl halides is 3. The molecule has 3 rings (SSSR count). The van der Waals surface area contributed by atoms with Crippen molar-refractivity contribution in [2.24, 2.45) is 11.7 Å². The maximum atomic E-state index is 12.6. The van der Waals surface area contributed by atoms with Crippen molar-refractivity contribution >= 4 is 5.91 Å². The highest BCUT2D eigenvalue weighted by molar-refractivity contribution is 5.83. The summed E-state index contributed by atoms with van der Waals surface area (Å²) in [6.07, 6.45) is -1.68. The van der Waals surface area contributed by atoms with Gasteiger partial charge in [-0.25, -0.2) is 0 Å². The molecule has 22 heavy (non-hydrogen) atoms. The second-order valence-electron chi connectivity index (χ2n) is 6.13. The van der Waals surface area contributed by atoms with Crippen LogP contribution in [0.25, 0.3) is 0 Å². The van der Waals surface area contributed by atoms with Gasteiger partial charge in [0.2, 0.25) is 5.91 Å². The standard InChI is InChI=1S/C16H19F3N2O/c17-16(18,19)11-5-3-10(4-6-11)13-8-14(13)15(22)21-7-1-2-12(21)9-20/h3-6,12-14H,1-2,7-9,20H2/t12-,13+,14+/m0/s1. The summed E-state index contributed by atoms with van der Waals surface area (Å²) in [6.45, 7) is 1.22. The Balaban J connectivity index is 1.65. The molecule has 6 heteroatoms. The second kappa shape index (κ2) is 5.57. The minimum absolute atomic E-state index is 0.0498. The van der Waals surface area contributed by atoms with Crippen molar-refractivity contribution in [1.29, 1.82) is 0 Å². The third-order valence-electron chi connectivity index (χ3n) is 4.71. The molecule has 0 radical (unpaired) electrons. The van der Waals surface area contributed by atoms with Crippen molar-refractivity contribution in [3.05, 3.63) is 35.4 Å². The number of carbonyl (C=O) groups excluding carboxylic acids is 1. The zero-order valence-corrected chi connectivity index (χ0v) is 12.1. The number of carbonyl (C=O) groups is 1. The highest BCUT2D eigenvalue weighted by Crippen LogP contribution is 2.49. The molecule has 0 unspecified atom stereocenters. The Kier molecular flexibility index (Phi) is 3.89. The molecule has 1 aliphatic carbocycles. The van der Waals surface area contributed by atoms with E-state index in [-0.39, 0.29) is 23.8 Å². The maximum Gasteiger partial charge on any atom is 0.416 e. The smallest absolute Gasteiger partial charge is 0.338 e. The summed E-state index contributed by atoms with van der Waals surface area (Å²) >= 11 is 0. The molecule has 0 aromatic heterocycles. The molecule has 0 spiro atoms. The number of nitrogens with two attached hydrogens (primary N) is 1. The van der Waals surface area contributed by atoms with Crippen molar-refractivity contribution < 1.29 is 18.0 Å². The number of hydrogen-bond acceptors (Lipinski definition) is 2. The Morgan fingerprint density at radius 1 is 1.27 bits per heavy atom. The van der Waals surface area contributed by atoms with Crippen LogP contribution in [0.4, 0.5) is 13.2 Å². The van der Waals surface area contributed by atoms with Gasteiger partial charge in [0.1, 0.15) is 0 Å². The van der Waals surface area contributed by atoms with E-state index in [0.717, 1.165) is 43.5 Å². The molecule has 2 aliphatic rings. The summed E-state index contributed by atoms with van der Waals surface area (Å²) in [5, 5.41) is 0. The predicted octanol–water partition coefficient (Wildman–Crippen LogP) is 2.76. The normalized spacial score (nSPS) is 28.0. The van der Waals surface area contributed by atoms with Gasteiger partial charge in [0.05, 0.1) is 5.56 Å². The second-order valence-corrected chi connectivity index (χ2v) is 6.13. The first kappa shape index (κ1) is 15.3. The largest absolute Gasteiger partial charge is 0.416 e. The fourth-order valence-corrected chi connectivity index (χ4v) is 3.34. The summed E-state index contributed by atoms with van der Waals surface area (Å²) in [4.78, 5) is 14.3. The monoisotopic (exact) mass is 312 g/mol. The van der Waals surface area contributed by atoms with Gasteiger partial charge in [-0.1, -0.05) is 12.1 Å². The molecular formula is C16H19F3N2O. The highest BCUT2D eigenvalue weighted by atomic mass is 19.4. The lowest BCUT2D eigenvalue weighted by molar-refractivity contribution is -0.137. The molecule has 1 aromatic rings. The van der Waals surface area contributed by atoms with Gasteiger partial charge >= 0.3 is 6.18 Å². The SMILES string of the molecule is NC[C@@H]1CCCN1C(=O)[C@@H]1C[C@@H]1c1ccc(C(F)(F)F)cc1. The van der Waals surface area contributed by atoms with E-state index in [0.29, 0.717) is 6.54 Å². The summed E-state index contributed by atoms with van der Waals surface area (Å²) in [5.74, 6) is 0.0653. The van der Waals surface area contributed by atoms with Gasteiger partial charge in [-0.05, 0) is 42.9 Å². The van der Waals surface area contributed by atoms with E-state index < -0.39 is 11.7 Å². The van der Waals surface area contributed by atoms with E-state index >= 15 is 0 Å². The molecule has 1 aliphatic heterocycles. The predicted molar refractivity (Wildman–Crippen MR) is 76.1 cm³/mol. The first-order valence-corrected chi connectivity index (χ1v) is 7.59. The van der Waals surface area contributed by atoms with Crippen LogP contribution in [0, 0.1) is 5.92 Å². The van der Waals surface area contributed by atoms with Crippen LogP contribution in [0.1, 0.15) is 36.3 Å². The van der Waals surface area contributed by atoms with E-state index in [9.17, 15) is 18.0 Å². The maximum absolute atomic E-state index is 12.6. The van der Waals surface area contributed by atoms with E-state index in [1.165, 1.54) is 12.1 Å². The van der Waals surface area contributed by atoms with Crippen LogP contribution in [-0.4, -0.2) is 29.9 Å². The quantitative estimate of drug-likeness (QED) is 0.933. The number of amides is 1. The first-order valence-electron chi connectivity index (χ1n) is 7.59. The van der Waals surface area contributed by atoms with Crippen LogP contribution in [0.3, 0.4) is 0 Å². The molecule has 1 amide bonds. The molecule has 0 bridgehead atoms. The molecule has 3 atom stereocenters. The van der Waals surface area contributed by atoms with Crippen molar-refractivity contribution in [2.45, 2.75) is 37.4 Å². The molecule has 2 fully saturated rings. The van der Waals surface area contributed by atoms with Crippen LogP contribution in [0.5, 0.6) is 0 Å². The number of likely N-dealkylation sites (tertiary alicyclic amines) is 1. The third-order valence-corrected chi connectivity index (χ3v) is 4.71. The Morgan fingerprint density at radius 3 is 2.55 bits per heavy atom. The molecule has 3 nitrogen and oxygen atoms in total. The van der Waals surface area contributed by atoms with E-state index in [1.54, 1.807) is 0 Å². The van der Waals surface area contributed by atoms with Crippen LogP contribution in [-0.2, 0) is 11.0 Å². The van der Waals surface area contributed by atoms with Crippen LogP contribution in [0.2, 0.25) is 0 Å². The topological polar surface area (TPSA) is 46.3 Å². The zero-order chi connectivity index (χ0) is 15.9. The molecule has 1 heterocycles. The van der Waals surface area contributed by atoms with Crippen molar-refractivity contribution in [3.63, 3.8) is 0 Å². The average Bonchev–Trinajstić information content (AvgIpc) is 3.15. The lowest BCUT2D eigenvalue weighted by Crippen LogP contribution is -2.40.